The number of hydrogen-bond acceptors (Lipinski definition) is 8. The lowest BCUT2D eigenvalue weighted by Gasteiger charge is -2.03. The van der Waals surface area contributed by atoms with E-state index in [9.17, 15) is 30.1 Å². The summed E-state index contributed by atoms with van der Waals surface area (Å²) in [4.78, 5) is 34.9. The molecular formula is C15H9N5O6. The van der Waals surface area contributed by atoms with E-state index >= 15 is 0 Å². The number of aromatic nitrogens is 1. The van der Waals surface area contributed by atoms with Crippen LogP contribution in [0.1, 0.15) is 0 Å². The zero-order valence-electron chi connectivity index (χ0n) is 12.8. The lowest BCUT2D eigenvalue weighted by molar-refractivity contribution is -0.384. The molecule has 0 bridgehead atoms. The Kier molecular flexibility index (Phi) is 4.11. The normalized spacial score (nSPS) is 11.1. The predicted molar refractivity (Wildman–Crippen MR) is 90.2 cm³/mol. The molecule has 1 heterocycles. The van der Waals surface area contributed by atoms with Crippen LogP contribution in [0.5, 0.6) is 5.75 Å². The van der Waals surface area contributed by atoms with Gasteiger partial charge in [0, 0.05) is 23.6 Å². The first-order valence-electron chi connectivity index (χ1n) is 7.07. The number of nitrogens with zero attached hydrogens (tertiary/aromatic N) is 4. The molecule has 130 valence electrons. The first kappa shape index (κ1) is 16.7. The molecule has 0 spiro atoms. The summed E-state index contributed by atoms with van der Waals surface area (Å²) >= 11 is 0. The van der Waals surface area contributed by atoms with Crippen molar-refractivity contribution in [1.29, 1.82) is 0 Å². The summed E-state index contributed by atoms with van der Waals surface area (Å²) in [6.45, 7) is 0. The molecule has 3 aromatic rings. The Balaban J connectivity index is 2.12. The van der Waals surface area contributed by atoms with Crippen LogP contribution in [-0.4, -0.2) is 19.9 Å². The number of azo groups is 1. The second-order valence-electron chi connectivity index (χ2n) is 5.09. The number of pyridine rings is 1. The highest BCUT2D eigenvalue weighted by molar-refractivity contribution is 5.94. The molecule has 0 aliphatic rings. The number of hydrogen-bond donors (Lipinski definition) is 2. The predicted octanol–water partition coefficient (Wildman–Crippen LogP) is 3.47. The third kappa shape index (κ3) is 2.96. The summed E-state index contributed by atoms with van der Waals surface area (Å²) < 4.78 is 0. The van der Waals surface area contributed by atoms with Crippen LogP contribution in [0.15, 0.2) is 57.5 Å². The SMILES string of the molecule is O=c1[nH]c2c([N+](=O)[O-])cccc2c(O)c1N=Nc1cccc([N+](=O)[O-])c1. The molecule has 2 N–H and O–H groups in total. The minimum absolute atomic E-state index is 0.0202. The van der Waals surface area contributed by atoms with Gasteiger partial charge >= 0.3 is 0 Å². The second kappa shape index (κ2) is 6.39. The van der Waals surface area contributed by atoms with E-state index < -0.39 is 26.8 Å². The zero-order chi connectivity index (χ0) is 18.8. The first-order valence-corrected chi connectivity index (χ1v) is 7.07. The second-order valence-corrected chi connectivity index (χ2v) is 5.09. The van der Waals surface area contributed by atoms with Crippen LogP contribution in [0.3, 0.4) is 0 Å². The van der Waals surface area contributed by atoms with Crippen LogP contribution >= 0.6 is 0 Å². The van der Waals surface area contributed by atoms with Gasteiger partial charge in [0.05, 0.1) is 15.5 Å². The summed E-state index contributed by atoms with van der Waals surface area (Å²) in [5, 5.41) is 39.4. The lowest BCUT2D eigenvalue weighted by Crippen LogP contribution is -2.06. The topological polar surface area (TPSA) is 164 Å². The molecule has 11 heteroatoms. The maximum Gasteiger partial charge on any atom is 0.293 e. The Morgan fingerprint density at radius 1 is 1.00 bits per heavy atom. The van der Waals surface area contributed by atoms with Gasteiger partial charge in [-0.1, -0.05) is 12.1 Å². The van der Waals surface area contributed by atoms with Gasteiger partial charge in [0.1, 0.15) is 5.52 Å². The number of benzene rings is 2. The fourth-order valence-electron chi connectivity index (χ4n) is 2.30. The van der Waals surface area contributed by atoms with E-state index in [2.05, 4.69) is 15.2 Å². The highest BCUT2D eigenvalue weighted by atomic mass is 16.6. The molecule has 0 atom stereocenters. The number of nitro benzene ring substituents is 2. The summed E-state index contributed by atoms with van der Waals surface area (Å²) in [5.41, 5.74) is -2.00. The number of aromatic amines is 1. The van der Waals surface area contributed by atoms with E-state index in [1.807, 2.05) is 0 Å². The molecule has 0 aliphatic carbocycles. The monoisotopic (exact) mass is 355 g/mol. The van der Waals surface area contributed by atoms with Gasteiger partial charge in [0.25, 0.3) is 16.9 Å². The molecule has 2 aromatic carbocycles. The van der Waals surface area contributed by atoms with Gasteiger partial charge in [-0.3, -0.25) is 25.0 Å². The van der Waals surface area contributed by atoms with Gasteiger partial charge in [-0.25, -0.2) is 0 Å². The van der Waals surface area contributed by atoms with Gasteiger partial charge in [-0.05, 0) is 12.1 Å². The van der Waals surface area contributed by atoms with Crippen molar-refractivity contribution in [2.45, 2.75) is 0 Å². The molecule has 3 rings (SSSR count). The van der Waals surface area contributed by atoms with Crippen molar-refractivity contribution in [2.75, 3.05) is 0 Å². The smallest absolute Gasteiger partial charge is 0.293 e. The molecular weight excluding hydrogens is 346 g/mol. The minimum Gasteiger partial charge on any atom is -0.505 e. The minimum atomic E-state index is -0.890. The Bertz CT molecular complexity index is 1140. The van der Waals surface area contributed by atoms with Gasteiger partial charge in [0.2, 0.25) is 0 Å². The highest BCUT2D eigenvalue weighted by Gasteiger charge is 2.18. The Labute approximate surface area is 143 Å². The molecule has 0 fully saturated rings. The number of nitro groups is 2. The number of fused-ring (bicyclic) bond motifs is 1. The van der Waals surface area contributed by atoms with Crippen LogP contribution in [0, 0.1) is 20.2 Å². The van der Waals surface area contributed by atoms with Gasteiger partial charge in [-0.2, -0.15) is 0 Å². The lowest BCUT2D eigenvalue weighted by atomic mass is 10.1. The highest BCUT2D eigenvalue weighted by Crippen LogP contribution is 2.34. The zero-order valence-corrected chi connectivity index (χ0v) is 12.8. The van der Waals surface area contributed by atoms with Crippen LogP contribution in [0.2, 0.25) is 0 Å². The van der Waals surface area contributed by atoms with Crippen LogP contribution < -0.4 is 5.56 Å². The van der Waals surface area contributed by atoms with E-state index in [0.717, 1.165) is 6.07 Å². The molecule has 0 amide bonds. The van der Waals surface area contributed by atoms with Crippen LogP contribution in [-0.2, 0) is 0 Å². The molecule has 0 saturated heterocycles. The van der Waals surface area contributed by atoms with Crippen molar-refractivity contribution in [2.24, 2.45) is 10.2 Å². The number of para-hydroxylation sites is 1. The summed E-state index contributed by atoms with van der Waals surface area (Å²) in [5.74, 6) is -0.582. The van der Waals surface area contributed by atoms with Crippen LogP contribution in [0.4, 0.5) is 22.7 Å². The summed E-state index contributed by atoms with van der Waals surface area (Å²) in [6.07, 6.45) is 0. The van der Waals surface area contributed by atoms with E-state index in [-0.39, 0.29) is 28.0 Å². The first-order chi connectivity index (χ1) is 12.4. The molecule has 0 aliphatic heterocycles. The number of aromatic hydroxyl groups is 1. The standard InChI is InChI=1S/C15H9N5O6/c21-14-10-5-2-6-11(20(25)26)12(10)16-15(22)13(14)18-17-8-3-1-4-9(7-8)19(23)24/h1-7H,(H2,16,21,22). The Morgan fingerprint density at radius 3 is 2.42 bits per heavy atom. The maximum absolute atomic E-state index is 12.1. The number of nitrogens with one attached hydrogen (secondary N) is 1. The van der Waals surface area contributed by atoms with Crippen molar-refractivity contribution < 1.29 is 15.0 Å². The summed E-state index contributed by atoms with van der Waals surface area (Å²) in [6, 6.07) is 9.12. The van der Waals surface area contributed by atoms with Gasteiger partial charge in [0.15, 0.2) is 11.4 Å². The third-order valence-electron chi connectivity index (χ3n) is 3.48. The molecule has 1 aromatic heterocycles. The van der Waals surface area contributed by atoms with Crippen LogP contribution in [0.25, 0.3) is 10.9 Å². The molecule has 0 saturated carbocycles. The number of rotatable bonds is 4. The van der Waals surface area contributed by atoms with Gasteiger partial charge in [-0.15, -0.1) is 10.2 Å². The fourth-order valence-corrected chi connectivity index (χ4v) is 2.30. The largest absolute Gasteiger partial charge is 0.505 e. The van der Waals surface area contributed by atoms with E-state index in [1.165, 1.54) is 36.4 Å². The van der Waals surface area contributed by atoms with Crippen molar-refractivity contribution in [3.05, 3.63) is 73.0 Å². The molecule has 11 nitrogen and oxygen atoms in total. The van der Waals surface area contributed by atoms with E-state index in [4.69, 9.17) is 0 Å². The van der Waals surface area contributed by atoms with E-state index in [1.54, 1.807) is 0 Å². The van der Waals surface area contributed by atoms with Crippen molar-refractivity contribution in [3.63, 3.8) is 0 Å². The van der Waals surface area contributed by atoms with Crippen molar-refractivity contribution in [3.8, 4) is 5.75 Å². The summed E-state index contributed by atoms with van der Waals surface area (Å²) in [7, 11) is 0. The van der Waals surface area contributed by atoms with Crippen molar-refractivity contribution >= 4 is 33.7 Å². The third-order valence-corrected chi connectivity index (χ3v) is 3.48. The number of non-ortho nitro benzene ring substituents is 2. The molecule has 0 radical (unpaired) electrons. The average Bonchev–Trinajstić information content (AvgIpc) is 2.61. The molecule has 0 unspecified atom stereocenters. The Hall–Kier alpha value is -4.15. The van der Waals surface area contributed by atoms with E-state index in [0.29, 0.717) is 0 Å². The maximum atomic E-state index is 12.1. The molecule has 26 heavy (non-hydrogen) atoms. The Morgan fingerprint density at radius 2 is 1.73 bits per heavy atom. The number of H-pyrrole nitrogens is 1. The van der Waals surface area contributed by atoms with Gasteiger partial charge < -0.3 is 10.1 Å². The average molecular weight is 355 g/mol. The van der Waals surface area contributed by atoms with Crippen molar-refractivity contribution in [1.82, 2.24) is 4.98 Å². The quantitative estimate of drug-likeness (QED) is 0.413. The fraction of sp³-hybridized carbons (Fsp3) is 0.